The van der Waals surface area contributed by atoms with Crippen molar-refractivity contribution in [3.05, 3.63) is 0 Å². The Hall–Kier alpha value is -0.320. The number of aliphatic carboxylic acids is 1. The van der Waals surface area contributed by atoms with Crippen molar-refractivity contribution in [1.29, 1.82) is 0 Å². The van der Waals surface area contributed by atoms with Crippen LogP contribution in [0.2, 0.25) is 0 Å². The van der Waals surface area contributed by atoms with E-state index < -0.39 is 5.97 Å². The molecular weight excluding hydrogens is 170 g/mol. The van der Waals surface area contributed by atoms with Crippen molar-refractivity contribution in [3.8, 4) is 0 Å². The molecule has 0 aliphatic heterocycles. The number of nitrogens with one attached hydrogen (secondary N) is 1. The molecule has 0 aromatic rings. The zero-order valence-corrected chi connectivity index (χ0v) is 7.48. The fourth-order valence-electron chi connectivity index (χ4n) is 0.570. The fraction of sp³-hybridized carbons (Fsp3) is 0.833. The van der Waals surface area contributed by atoms with Gasteiger partial charge >= 0.3 is 5.97 Å². The fourth-order valence-corrected chi connectivity index (χ4v) is 0.570. The summed E-state index contributed by atoms with van der Waals surface area (Å²) < 4.78 is 4.78. The molecule has 5 heteroatoms. The third-order valence-electron chi connectivity index (χ3n) is 1.02. The quantitative estimate of drug-likeness (QED) is 0.636. The van der Waals surface area contributed by atoms with Gasteiger partial charge in [0.15, 0.2) is 0 Å². The first-order valence-corrected chi connectivity index (χ1v) is 3.11. The van der Waals surface area contributed by atoms with Crippen LogP contribution < -0.4 is 5.32 Å². The van der Waals surface area contributed by atoms with Crippen molar-refractivity contribution in [2.75, 3.05) is 20.3 Å². The van der Waals surface area contributed by atoms with Gasteiger partial charge in [0.1, 0.15) is 0 Å². The number of rotatable bonds is 5. The molecular formula is C6H14ClNO3. The summed E-state index contributed by atoms with van der Waals surface area (Å²) in [5, 5.41) is 11.0. The van der Waals surface area contributed by atoms with Crippen molar-refractivity contribution < 1.29 is 14.6 Å². The van der Waals surface area contributed by atoms with Gasteiger partial charge in [-0.1, -0.05) is 0 Å². The zero-order valence-electron chi connectivity index (χ0n) is 6.66. The Morgan fingerprint density at radius 2 is 2.27 bits per heavy atom. The van der Waals surface area contributed by atoms with E-state index in [9.17, 15) is 4.79 Å². The van der Waals surface area contributed by atoms with Gasteiger partial charge in [-0.25, -0.2) is 0 Å². The van der Waals surface area contributed by atoms with Crippen molar-refractivity contribution >= 4 is 18.4 Å². The molecule has 0 aromatic heterocycles. The molecule has 0 saturated heterocycles. The standard InChI is InChI=1S/C6H13NO3.ClH/c1-5(4-10-2)7-3-6(8)9;/h5,7H,3-4H2,1-2H3,(H,8,9);1H. The van der Waals surface area contributed by atoms with Crippen LogP contribution in [-0.2, 0) is 9.53 Å². The molecule has 0 aromatic carbocycles. The van der Waals surface area contributed by atoms with E-state index in [1.165, 1.54) is 0 Å². The van der Waals surface area contributed by atoms with Crippen molar-refractivity contribution in [2.45, 2.75) is 13.0 Å². The lowest BCUT2D eigenvalue weighted by atomic mass is 10.3. The van der Waals surface area contributed by atoms with E-state index in [1.54, 1.807) is 7.11 Å². The third kappa shape index (κ3) is 9.68. The predicted molar refractivity (Wildman–Crippen MR) is 44.2 cm³/mol. The normalized spacial score (nSPS) is 11.8. The van der Waals surface area contributed by atoms with Gasteiger partial charge in [0.05, 0.1) is 13.2 Å². The average molecular weight is 184 g/mol. The molecule has 0 aliphatic carbocycles. The first kappa shape index (κ1) is 13.3. The third-order valence-corrected chi connectivity index (χ3v) is 1.02. The first-order chi connectivity index (χ1) is 4.66. The molecule has 0 heterocycles. The van der Waals surface area contributed by atoms with Crippen LogP contribution in [0.3, 0.4) is 0 Å². The number of halogens is 1. The van der Waals surface area contributed by atoms with Gasteiger partial charge in [0.2, 0.25) is 0 Å². The molecule has 0 amide bonds. The van der Waals surface area contributed by atoms with Gasteiger partial charge < -0.3 is 15.2 Å². The number of ether oxygens (including phenoxy) is 1. The Bertz CT molecular complexity index is 110. The lowest BCUT2D eigenvalue weighted by Crippen LogP contribution is -2.34. The average Bonchev–Trinajstić information content (AvgIpc) is 1.85. The number of hydrogen-bond donors (Lipinski definition) is 2. The Kier molecular flexibility index (Phi) is 9.40. The van der Waals surface area contributed by atoms with Crippen LogP contribution in [-0.4, -0.2) is 37.4 Å². The molecule has 11 heavy (non-hydrogen) atoms. The van der Waals surface area contributed by atoms with E-state index in [1.807, 2.05) is 6.92 Å². The van der Waals surface area contributed by atoms with Crippen molar-refractivity contribution in [2.24, 2.45) is 0 Å². The second kappa shape index (κ2) is 7.78. The van der Waals surface area contributed by atoms with Gasteiger partial charge in [-0.15, -0.1) is 12.4 Å². The van der Waals surface area contributed by atoms with E-state index >= 15 is 0 Å². The summed E-state index contributed by atoms with van der Waals surface area (Å²) in [5.41, 5.74) is 0. The highest BCUT2D eigenvalue weighted by Crippen LogP contribution is 1.79. The van der Waals surface area contributed by atoms with Crippen molar-refractivity contribution in [3.63, 3.8) is 0 Å². The maximum atomic E-state index is 10.0. The van der Waals surface area contributed by atoms with Gasteiger partial charge in [-0.05, 0) is 6.92 Å². The number of carboxylic acids is 1. The second-order valence-corrected chi connectivity index (χ2v) is 2.13. The summed E-state index contributed by atoms with van der Waals surface area (Å²) in [4.78, 5) is 10.0. The highest BCUT2D eigenvalue weighted by molar-refractivity contribution is 5.85. The minimum atomic E-state index is -0.844. The maximum Gasteiger partial charge on any atom is 0.317 e. The minimum Gasteiger partial charge on any atom is -0.480 e. The highest BCUT2D eigenvalue weighted by Gasteiger charge is 2.01. The first-order valence-electron chi connectivity index (χ1n) is 3.11. The van der Waals surface area contributed by atoms with Crippen LogP contribution in [0.5, 0.6) is 0 Å². The molecule has 2 N–H and O–H groups in total. The number of hydrogen-bond acceptors (Lipinski definition) is 3. The molecule has 4 nitrogen and oxygen atoms in total. The van der Waals surface area contributed by atoms with E-state index in [0.29, 0.717) is 6.61 Å². The Balaban J connectivity index is 0. The number of carbonyl (C=O) groups is 1. The molecule has 0 aliphatic rings. The predicted octanol–water partition coefficient (Wildman–Crippen LogP) is 0.117. The summed E-state index contributed by atoms with van der Waals surface area (Å²) in [6, 6.07) is 0.0982. The summed E-state index contributed by atoms with van der Waals surface area (Å²) >= 11 is 0. The molecule has 68 valence electrons. The molecule has 1 unspecified atom stereocenters. The van der Waals surface area contributed by atoms with E-state index in [0.717, 1.165) is 0 Å². The molecule has 0 rings (SSSR count). The maximum absolute atomic E-state index is 10.0. The molecule has 0 fully saturated rings. The molecule has 0 saturated carbocycles. The Morgan fingerprint density at radius 3 is 2.64 bits per heavy atom. The summed E-state index contributed by atoms with van der Waals surface area (Å²) in [6.45, 7) is 2.39. The Morgan fingerprint density at radius 1 is 1.73 bits per heavy atom. The van der Waals surface area contributed by atoms with Crippen LogP contribution in [0, 0.1) is 0 Å². The van der Waals surface area contributed by atoms with Crippen LogP contribution in [0.25, 0.3) is 0 Å². The number of methoxy groups -OCH3 is 1. The summed E-state index contributed by atoms with van der Waals surface area (Å²) in [6.07, 6.45) is 0. The SMILES string of the molecule is COCC(C)NCC(=O)O.Cl. The smallest absolute Gasteiger partial charge is 0.317 e. The lowest BCUT2D eigenvalue weighted by Gasteiger charge is -2.09. The van der Waals surface area contributed by atoms with Gasteiger partial charge in [0.25, 0.3) is 0 Å². The zero-order chi connectivity index (χ0) is 7.98. The van der Waals surface area contributed by atoms with E-state index in [2.05, 4.69) is 5.32 Å². The van der Waals surface area contributed by atoms with Crippen LogP contribution in [0.15, 0.2) is 0 Å². The van der Waals surface area contributed by atoms with Crippen molar-refractivity contribution in [1.82, 2.24) is 5.32 Å². The molecule has 0 radical (unpaired) electrons. The van der Waals surface area contributed by atoms with Crippen LogP contribution in [0.4, 0.5) is 0 Å². The van der Waals surface area contributed by atoms with Gasteiger partial charge in [0, 0.05) is 13.2 Å². The van der Waals surface area contributed by atoms with Crippen LogP contribution in [0.1, 0.15) is 6.92 Å². The Labute approximate surface area is 72.3 Å². The topological polar surface area (TPSA) is 58.6 Å². The summed E-state index contributed by atoms with van der Waals surface area (Å²) in [5.74, 6) is -0.844. The second-order valence-electron chi connectivity index (χ2n) is 2.13. The summed E-state index contributed by atoms with van der Waals surface area (Å²) in [7, 11) is 1.58. The minimum absolute atomic E-state index is 0. The largest absolute Gasteiger partial charge is 0.480 e. The van der Waals surface area contributed by atoms with Crippen LogP contribution >= 0.6 is 12.4 Å². The molecule has 1 atom stereocenters. The molecule has 0 spiro atoms. The van der Waals surface area contributed by atoms with E-state index in [4.69, 9.17) is 9.84 Å². The number of carboxylic acid groups (broad SMARTS) is 1. The van der Waals surface area contributed by atoms with E-state index in [-0.39, 0.29) is 25.0 Å². The lowest BCUT2D eigenvalue weighted by molar-refractivity contribution is -0.136. The van der Waals surface area contributed by atoms with Gasteiger partial charge in [-0.2, -0.15) is 0 Å². The molecule has 0 bridgehead atoms. The van der Waals surface area contributed by atoms with Gasteiger partial charge in [-0.3, -0.25) is 4.79 Å². The monoisotopic (exact) mass is 183 g/mol. The highest BCUT2D eigenvalue weighted by atomic mass is 35.5.